The number of alkyl carbamates (subject to hydrolysis) is 1. The fourth-order valence-corrected chi connectivity index (χ4v) is 3.85. The Morgan fingerprint density at radius 3 is 1.97 bits per heavy atom. The van der Waals surface area contributed by atoms with Gasteiger partial charge in [0.15, 0.2) is 0 Å². The van der Waals surface area contributed by atoms with Crippen molar-refractivity contribution in [2.24, 2.45) is 0 Å². The highest BCUT2D eigenvalue weighted by molar-refractivity contribution is 5.99. The molecular formula is C27H34N4O4. The number of ether oxygens (including phenoxy) is 1. The Morgan fingerprint density at radius 1 is 0.971 bits per heavy atom. The Labute approximate surface area is 207 Å². The maximum atomic E-state index is 13.7. The number of anilines is 1. The summed E-state index contributed by atoms with van der Waals surface area (Å²) in [5, 5.41) is 14.9. The van der Waals surface area contributed by atoms with Gasteiger partial charge in [-0.2, -0.15) is 5.26 Å². The summed E-state index contributed by atoms with van der Waals surface area (Å²) >= 11 is 0. The summed E-state index contributed by atoms with van der Waals surface area (Å²) in [4.78, 5) is 40.3. The van der Waals surface area contributed by atoms with Gasteiger partial charge in [0.1, 0.15) is 24.7 Å². The number of aryl methyl sites for hydroxylation is 4. The van der Waals surface area contributed by atoms with Crippen molar-refractivity contribution < 1.29 is 19.1 Å². The third-order valence-corrected chi connectivity index (χ3v) is 5.45. The van der Waals surface area contributed by atoms with E-state index in [2.05, 4.69) is 10.6 Å². The SMILES string of the molecule is Cc1cccc(C)c1NC(=O)C(c1c(C)cccc1C)N(CC#N)C(=O)CNC(=O)OC(C)(C)C. The van der Waals surface area contributed by atoms with Crippen LogP contribution >= 0.6 is 0 Å². The van der Waals surface area contributed by atoms with Crippen molar-refractivity contribution in [2.75, 3.05) is 18.4 Å². The number of hydrogen-bond donors (Lipinski definition) is 2. The summed E-state index contributed by atoms with van der Waals surface area (Å²) in [5.41, 5.74) is 3.93. The number of benzene rings is 2. The summed E-state index contributed by atoms with van der Waals surface area (Å²) in [6.07, 6.45) is -0.758. The Bertz CT molecular complexity index is 1100. The number of nitriles is 1. The number of nitrogens with one attached hydrogen (secondary N) is 2. The number of hydrogen-bond acceptors (Lipinski definition) is 5. The molecule has 0 radical (unpaired) electrons. The number of carbonyl (C=O) groups is 3. The molecule has 2 aromatic rings. The standard InChI is InChI=1S/C27H34N4O4/c1-17-10-8-11-18(2)22(17)24(25(33)30-23-19(3)12-9-13-20(23)4)31(15-14-28)21(32)16-29-26(34)35-27(5,6)7/h8-13,24H,15-16H2,1-7H3,(H,29,34)(H,30,33). The highest BCUT2D eigenvalue weighted by Crippen LogP contribution is 2.30. The van der Waals surface area contributed by atoms with Crippen LogP contribution in [0.1, 0.15) is 54.6 Å². The fourth-order valence-electron chi connectivity index (χ4n) is 3.85. The molecule has 0 aromatic heterocycles. The first-order valence-electron chi connectivity index (χ1n) is 11.4. The third-order valence-electron chi connectivity index (χ3n) is 5.45. The molecule has 0 aliphatic rings. The number of rotatable bonds is 7. The topological polar surface area (TPSA) is 112 Å². The van der Waals surface area contributed by atoms with Gasteiger partial charge >= 0.3 is 6.09 Å². The third kappa shape index (κ3) is 7.31. The van der Waals surface area contributed by atoms with Crippen LogP contribution in [0.5, 0.6) is 0 Å². The predicted octanol–water partition coefficient (Wildman–Crippen LogP) is 4.48. The van der Waals surface area contributed by atoms with Crippen LogP contribution in [0.15, 0.2) is 36.4 Å². The molecule has 0 heterocycles. The molecule has 186 valence electrons. The molecule has 0 bridgehead atoms. The maximum Gasteiger partial charge on any atom is 0.408 e. The molecule has 0 saturated heterocycles. The van der Waals surface area contributed by atoms with Crippen LogP contribution < -0.4 is 10.6 Å². The minimum absolute atomic E-state index is 0.340. The minimum atomic E-state index is -1.08. The average molecular weight is 479 g/mol. The molecule has 8 nitrogen and oxygen atoms in total. The van der Waals surface area contributed by atoms with Crippen molar-refractivity contribution in [3.05, 3.63) is 64.2 Å². The van der Waals surface area contributed by atoms with Crippen LogP contribution in [0.2, 0.25) is 0 Å². The van der Waals surface area contributed by atoms with Crippen molar-refractivity contribution in [1.29, 1.82) is 5.26 Å². The Morgan fingerprint density at radius 2 is 1.49 bits per heavy atom. The zero-order valence-electron chi connectivity index (χ0n) is 21.5. The van der Waals surface area contributed by atoms with Gasteiger partial charge < -0.3 is 20.3 Å². The second-order valence-electron chi connectivity index (χ2n) is 9.50. The monoisotopic (exact) mass is 478 g/mol. The van der Waals surface area contributed by atoms with Crippen molar-refractivity contribution in [3.8, 4) is 6.07 Å². The second-order valence-corrected chi connectivity index (χ2v) is 9.50. The molecular weight excluding hydrogens is 444 g/mol. The van der Waals surface area contributed by atoms with Gasteiger partial charge in [-0.1, -0.05) is 36.4 Å². The largest absolute Gasteiger partial charge is 0.444 e. The van der Waals surface area contributed by atoms with Crippen molar-refractivity contribution in [1.82, 2.24) is 10.2 Å². The molecule has 2 rings (SSSR count). The smallest absolute Gasteiger partial charge is 0.408 e. The van der Waals surface area contributed by atoms with Crippen LogP contribution in [0.4, 0.5) is 10.5 Å². The minimum Gasteiger partial charge on any atom is -0.444 e. The molecule has 0 fully saturated rings. The van der Waals surface area contributed by atoms with Crippen LogP contribution in [-0.4, -0.2) is 41.5 Å². The van der Waals surface area contributed by atoms with Crippen LogP contribution in [-0.2, 0) is 14.3 Å². The summed E-state index contributed by atoms with van der Waals surface area (Å²) in [5.74, 6) is -1.03. The van der Waals surface area contributed by atoms with E-state index in [0.717, 1.165) is 22.3 Å². The number of amides is 3. The second kappa shape index (κ2) is 11.5. The van der Waals surface area contributed by atoms with E-state index in [1.54, 1.807) is 20.8 Å². The van der Waals surface area contributed by atoms with E-state index >= 15 is 0 Å². The lowest BCUT2D eigenvalue weighted by Crippen LogP contribution is -2.47. The lowest BCUT2D eigenvalue weighted by molar-refractivity contribution is -0.137. The van der Waals surface area contributed by atoms with Gasteiger partial charge in [0.05, 0.1) is 6.07 Å². The molecule has 8 heteroatoms. The van der Waals surface area contributed by atoms with E-state index in [4.69, 9.17) is 4.74 Å². The Kier molecular flexibility index (Phi) is 9.01. The van der Waals surface area contributed by atoms with E-state index < -0.39 is 36.1 Å². The summed E-state index contributed by atoms with van der Waals surface area (Å²) in [7, 11) is 0. The molecule has 0 spiro atoms. The predicted molar refractivity (Wildman–Crippen MR) is 135 cm³/mol. The molecule has 2 N–H and O–H groups in total. The highest BCUT2D eigenvalue weighted by Gasteiger charge is 2.34. The first-order valence-corrected chi connectivity index (χ1v) is 11.4. The first-order chi connectivity index (χ1) is 16.4. The van der Waals surface area contributed by atoms with Gasteiger partial charge in [-0.25, -0.2) is 4.79 Å². The first kappa shape index (κ1) is 27.4. The molecule has 35 heavy (non-hydrogen) atoms. The van der Waals surface area contributed by atoms with Gasteiger partial charge in [0, 0.05) is 5.69 Å². The summed E-state index contributed by atoms with van der Waals surface area (Å²) < 4.78 is 5.20. The van der Waals surface area contributed by atoms with Crippen molar-refractivity contribution in [2.45, 2.75) is 60.1 Å². The zero-order valence-corrected chi connectivity index (χ0v) is 21.5. The van der Waals surface area contributed by atoms with Gasteiger partial charge in [0.2, 0.25) is 5.91 Å². The molecule has 3 amide bonds. The lowest BCUT2D eigenvalue weighted by Gasteiger charge is -2.32. The Hall–Kier alpha value is -3.86. The summed E-state index contributed by atoms with van der Waals surface area (Å²) in [6.45, 7) is 11.9. The van der Waals surface area contributed by atoms with Gasteiger partial charge in [-0.3, -0.25) is 9.59 Å². The highest BCUT2D eigenvalue weighted by atomic mass is 16.6. The van der Waals surface area contributed by atoms with E-state index in [1.165, 1.54) is 4.90 Å². The molecule has 0 aliphatic carbocycles. The van der Waals surface area contributed by atoms with Gasteiger partial charge in [-0.05, 0) is 76.3 Å². The molecule has 0 aliphatic heterocycles. The van der Waals surface area contributed by atoms with Gasteiger partial charge in [0.25, 0.3) is 5.91 Å². The van der Waals surface area contributed by atoms with E-state index in [0.29, 0.717) is 11.3 Å². The van der Waals surface area contributed by atoms with Gasteiger partial charge in [-0.15, -0.1) is 0 Å². The maximum absolute atomic E-state index is 13.7. The van der Waals surface area contributed by atoms with Crippen LogP contribution in [0, 0.1) is 39.0 Å². The number of para-hydroxylation sites is 1. The quantitative estimate of drug-likeness (QED) is 0.570. The molecule has 0 saturated carbocycles. The van der Waals surface area contributed by atoms with E-state index in [1.807, 2.05) is 70.2 Å². The van der Waals surface area contributed by atoms with Crippen molar-refractivity contribution >= 4 is 23.6 Å². The Balaban J connectivity index is 2.46. The van der Waals surface area contributed by atoms with Crippen molar-refractivity contribution in [3.63, 3.8) is 0 Å². The van der Waals surface area contributed by atoms with Crippen LogP contribution in [0.3, 0.4) is 0 Å². The summed E-state index contributed by atoms with van der Waals surface area (Å²) in [6, 6.07) is 12.2. The normalized spacial score (nSPS) is 11.7. The fraction of sp³-hybridized carbons (Fsp3) is 0.407. The zero-order chi connectivity index (χ0) is 26.3. The number of nitrogens with zero attached hydrogens (tertiary/aromatic N) is 2. The molecule has 1 unspecified atom stereocenters. The van der Waals surface area contributed by atoms with E-state index in [9.17, 15) is 19.6 Å². The molecule has 1 atom stereocenters. The van der Waals surface area contributed by atoms with Crippen LogP contribution in [0.25, 0.3) is 0 Å². The lowest BCUT2D eigenvalue weighted by atomic mass is 9.93. The van der Waals surface area contributed by atoms with E-state index in [-0.39, 0.29) is 6.54 Å². The average Bonchev–Trinajstić information content (AvgIpc) is 2.75. The number of carbonyl (C=O) groups excluding carboxylic acids is 3. The molecule has 2 aromatic carbocycles.